The summed E-state index contributed by atoms with van der Waals surface area (Å²) in [6.07, 6.45) is 7.32. The molecule has 0 radical (unpaired) electrons. The maximum Gasteiger partial charge on any atom is 0.339 e. The summed E-state index contributed by atoms with van der Waals surface area (Å²) in [6.45, 7) is 2.60. The average molecular weight is 245 g/mol. The minimum Gasteiger partial charge on any atom is -0.459 e. The average Bonchev–Trinajstić information content (AvgIpc) is 2.90. The Labute approximate surface area is 105 Å². The first-order chi connectivity index (χ1) is 8.75. The fourth-order valence-corrected chi connectivity index (χ4v) is 1.54. The molecule has 0 bridgehead atoms. The van der Waals surface area contributed by atoms with E-state index in [2.05, 4.69) is 10.1 Å². The van der Waals surface area contributed by atoms with E-state index < -0.39 is 0 Å². The molecule has 2 heterocycles. The van der Waals surface area contributed by atoms with E-state index in [1.54, 1.807) is 24.5 Å². The van der Waals surface area contributed by atoms with Gasteiger partial charge in [-0.05, 0) is 25.1 Å². The van der Waals surface area contributed by atoms with E-state index in [1.165, 1.54) is 6.20 Å². The van der Waals surface area contributed by atoms with Crippen molar-refractivity contribution in [2.24, 2.45) is 0 Å². The first-order valence-corrected chi connectivity index (χ1v) is 5.84. The fourth-order valence-electron chi connectivity index (χ4n) is 1.54. The highest BCUT2D eigenvalue weighted by molar-refractivity contribution is 5.89. The summed E-state index contributed by atoms with van der Waals surface area (Å²) in [5.74, 6) is -0.337. The zero-order chi connectivity index (χ0) is 12.8. The Morgan fingerprint density at radius 2 is 2.33 bits per heavy atom. The molecule has 0 aliphatic rings. The van der Waals surface area contributed by atoms with Crippen molar-refractivity contribution in [3.63, 3.8) is 0 Å². The van der Waals surface area contributed by atoms with Crippen molar-refractivity contribution in [3.05, 3.63) is 48.5 Å². The Morgan fingerprint density at radius 3 is 3.00 bits per heavy atom. The van der Waals surface area contributed by atoms with Gasteiger partial charge >= 0.3 is 5.97 Å². The van der Waals surface area contributed by atoms with Gasteiger partial charge in [0.25, 0.3) is 0 Å². The summed E-state index contributed by atoms with van der Waals surface area (Å²) in [7, 11) is 0. The highest BCUT2D eigenvalue weighted by Gasteiger charge is 2.11. The third-order valence-corrected chi connectivity index (χ3v) is 2.53. The first kappa shape index (κ1) is 12.3. The van der Waals surface area contributed by atoms with Gasteiger partial charge in [-0.15, -0.1) is 0 Å². The molecule has 5 nitrogen and oxygen atoms in total. The Morgan fingerprint density at radius 1 is 1.44 bits per heavy atom. The SMILES string of the molecule is C[C@H](CCn1cccn1)OC(=O)c1cccnc1. The minimum atomic E-state index is -0.337. The molecule has 0 aliphatic heterocycles. The van der Waals surface area contributed by atoms with Crippen LogP contribution in [0.3, 0.4) is 0 Å². The molecule has 0 aliphatic carbocycles. The van der Waals surface area contributed by atoms with Gasteiger partial charge in [-0.25, -0.2) is 4.79 Å². The molecule has 18 heavy (non-hydrogen) atoms. The van der Waals surface area contributed by atoms with Gasteiger partial charge in [0.1, 0.15) is 6.10 Å². The zero-order valence-corrected chi connectivity index (χ0v) is 10.2. The lowest BCUT2D eigenvalue weighted by Gasteiger charge is -2.13. The summed E-state index contributed by atoms with van der Waals surface area (Å²) in [5, 5.41) is 4.09. The van der Waals surface area contributed by atoms with E-state index in [9.17, 15) is 4.79 Å². The van der Waals surface area contributed by atoms with Crippen molar-refractivity contribution < 1.29 is 9.53 Å². The first-order valence-electron chi connectivity index (χ1n) is 5.84. The van der Waals surface area contributed by atoms with Gasteiger partial charge in [0, 0.05) is 37.8 Å². The molecular weight excluding hydrogens is 230 g/mol. The molecule has 0 unspecified atom stereocenters. The number of nitrogens with zero attached hydrogens (tertiary/aromatic N) is 3. The number of ether oxygens (including phenoxy) is 1. The normalized spacial score (nSPS) is 12.1. The van der Waals surface area contributed by atoms with Crippen LogP contribution in [-0.4, -0.2) is 26.8 Å². The van der Waals surface area contributed by atoms with Crippen molar-refractivity contribution in [1.82, 2.24) is 14.8 Å². The lowest BCUT2D eigenvalue weighted by molar-refractivity contribution is 0.0313. The summed E-state index contributed by atoms with van der Waals surface area (Å²) in [4.78, 5) is 15.6. The predicted molar refractivity (Wildman–Crippen MR) is 66.0 cm³/mol. The summed E-state index contributed by atoms with van der Waals surface area (Å²) in [5.41, 5.74) is 0.475. The van der Waals surface area contributed by atoms with Crippen LogP contribution in [0, 0.1) is 0 Å². The highest BCUT2D eigenvalue weighted by atomic mass is 16.5. The van der Waals surface area contributed by atoms with Crippen LogP contribution in [0.25, 0.3) is 0 Å². The molecular formula is C13H15N3O2. The number of aryl methyl sites for hydroxylation is 1. The molecule has 0 saturated heterocycles. The molecule has 0 aromatic carbocycles. The number of carbonyl (C=O) groups excluding carboxylic acids is 1. The van der Waals surface area contributed by atoms with Gasteiger partial charge in [0.2, 0.25) is 0 Å². The van der Waals surface area contributed by atoms with Crippen molar-refractivity contribution in [2.45, 2.75) is 26.0 Å². The van der Waals surface area contributed by atoms with Gasteiger partial charge in [-0.1, -0.05) is 0 Å². The fraction of sp³-hybridized carbons (Fsp3) is 0.308. The number of aromatic nitrogens is 3. The summed E-state index contributed by atoms with van der Waals surface area (Å²) < 4.78 is 7.13. The van der Waals surface area contributed by atoms with Gasteiger partial charge in [0.05, 0.1) is 5.56 Å². The van der Waals surface area contributed by atoms with Crippen molar-refractivity contribution >= 4 is 5.97 Å². The lowest BCUT2D eigenvalue weighted by atomic mass is 10.2. The van der Waals surface area contributed by atoms with E-state index in [4.69, 9.17) is 4.74 Å². The molecule has 2 rings (SSSR count). The van der Waals surface area contributed by atoms with Crippen LogP contribution in [0.1, 0.15) is 23.7 Å². The Balaban J connectivity index is 1.80. The monoisotopic (exact) mass is 245 g/mol. The summed E-state index contributed by atoms with van der Waals surface area (Å²) in [6, 6.07) is 5.27. The van der Waals surface area contributed by atoms with Crippen LogP contribution < -0.4 is 0 Å². The molecule has 1 atom stereocenters. The number of hydrogen-bond acceptors (Lipinski definition) is 4. The van der Waals surface area contributed by atoms with E-state index >= 15 is 0 Å². The lowest BCUT2D eigenvalue weighted by Crippen LogP contribution is -2.17. The van der Waals surface area contributed by atoms with Crippen LogP contribution in [0.15, 0.2) is 43.0 Å². The Kier molecular flexibility index (Phi) is 4.06. The van der Waals surface area contributed by atoms with Gasteiger partial charge in [0.15, 0.2) is 0 Å². The summed E-state index contributed by atoms with van der Waals surface area (Å²) >= 11 is 0. The zero-order valence-electron chi connectivity index (χ0n) is 10.2. The maximum absolute atomic E-state index is 11.7. The molecule has 2 aromatic rings. The second-order valence-corrected chi connectivity index (χ2v) is 4.02. The molecule has 94 valence electrons. The van der Waals surface area contributed by atoms with E-state index in [0.29, 0.717) is 5.56 Å². The van der Waals surface area contributed by atoms with Gasteiger partial charge < -0.3 is 4.74 Å². The molecule has 0 amide bonds. The Hall–Kier alpha value is -2.17. The predicted octanol–water partition coefficient (Wildman–Crippen LogP) is 1.91. The van der Waals surface area contributed by atoms with E-state index in [1.807, 2.05) is 23.9 Å². The third kappa shape index (κ3) is 3.41. The van der Waals surface area contributed by atoms with Crippen LogP contribution in [0.4, 0.5) is 0 Å². The molecule has 5 heteroatoms. The van der Waals surface area contributed by atoms with Crippen LogP contribution in [0.2, 0.25) is 0 Å². The van der Waals surface area contributed by atoms with Crippen LogP contribution in [-0.2, 0) is 11.3 Å². The number of hydrogen-bond donors (Lipinski definition) is 0. The largest absolute Gasteiger partial charge is 0.459 e. The highest BCUT2D eigenvalue weighted by Crippen LogP contribution is 2.05. The molecule has 0 fully saturated rings. The third-order valence-electron chi connectivity index (χ3n) is 2.53. The van der Waals surface area contributed by atoms with Crippen molar-refractivity contribution in [2.75, 3.05) is 0 Å². The number of carbonyl (C=O) groups is 1. The smallest absolute Gasteiger partial charge is 0.339 e. The molecule has 0 N–H and O–H groups in total. The number of rotatable bonds is 5. The Bertz CT molecular complexity index is 482. The second-order valence-electron chi connectivity index (χ2n) is 4.02. The number of esters is 1. The maximum atomic E-state index is 11.7. The molecule has 0 spiro atoms. The standard InChI is InChI=1S/C13H15N3O2/c1-11(5-9-16-8-3-7-15-16)18-13(17)12-4-2-6-14-10-12/h2-4,6-8,10-11H,5,9H2,1H3/t11-/m1/s1. The minimum absolute atomic E-state index is 0.151. The van der Waals surface area contributed by atoms with Crippen LogP contribution in [0.5, 0.6) is 0 Å². The van der Waals surface area contributed by atoms with Gasteiger partial charge in [-0.3, -0.25) is 9.67 Å². The van der Waals surface area contributed by atoms with E-state index in [-0.39, 0.29) is 12.1 Å². The van der Waals surface area contributed by atoms with Gasteiger partial charge in [-0.2, -0.15) is 5.10 Å². The van der Waals surface area contributed by atoms with Crippen molar-refractivity contribution in [1.29, 1.82) is 0 Å². The van der Waals surface area contributed by atoms with Crippen LogP contribution >= 0.6 is 0 Å². The number of pyridine rings is 1. The molecule has 2 aromatic heterocycles. The topological polar surface area (TPSA) is 57.0 Å². The quantitative estimate of drug-likeness (QED) is 0.755. The second kappa shape index (κ2) is 5.95. The molecule has 0 saturated carbocycles. The van der Waals surface area contributed by atoms with E-state index in [0.717, 1.165) is 13.0 Å². The van der Waals surface area contributed by atoms with Crippen molar-refractivity contribution in [3.8, 4) is 0 Å².